The van der Waals surface area contributed by atoms with Gasteiger partial charge >= 0.3 is 0 Å². The molecule has 114 valence electrons. The molecule has 22 heavy (non-hydrogen) atoms. The van der Waals surface area contributed by atoms with Crippen LogP contribution in [0.1, 0.15) is 31.0 Å². The number of imidazole rings is 1. The second kappa shape index (κ2) is 5.37. The van der Waals surface area contributed by atoms with Crippen LogP contribution in [-0.4, -0.2) is 16.5 Å². The second-order valence-electron chi connectivity index (χ2n) is 5.82. The van der Waals surface area contributed by atoms with Gasteiger partial charge in [0.2, 0.25) is 0 Å². The van der Waals surface area contributed by atoms with E-state index in [-0.39, 0.29) is 0 Å². The lowest BCUT2D eigenvalue weighted by atomic mass is 9.98. The van der Waals surface area contributed by atoms with Crippen molar-refractivity contribution in [2.24, 2.45) is 0 Å². The van der Waals surface area contributed by atoms with E-state index in [0.717, 1.165) is 33.9 Å². The number of anilines is 1. The molecule has 4 heteroatoms. The number of ether oxygens (including phenoxy) is 1. The number of aryl methyl sites for hydroxylation is 1. The molecular formula is C18H21N3O. The summed E-state index contributed by atoms with van der Waals surface area (Å²) >= 11 is 0. The number of hydrogen-bond acceptors (Lipinski definition) is 3. The minimum atomic E-state index is 0.370. The minimum absolute atomic E-state index is 0.370. The van der Waals surface area contributed by atoms with Crippen molar-refractivity contribution in [3.05, 3.63) is 47.7 Å². The lowest BCUT2D eigenvalue weighted by Crippen LogP contribution is -1.98. The normalized spacial score (nSPS) is 11.3. The van der Waals surface area contributed by atoms with Gasteiger partial charge in [-0.05, 0) is 48.7 Å². The number of nitrogen functional groups attached to an aromatic ring is 1. The summed E-state index contributed by atoms with van der Waals surface area (Å²) in [6.07, 6.45) is 0. The molecule has 0 amide bonds. The second-order valence-corrected chi connectivity index (χ2v) is 5.82. The molecule has 4 nitrogen and oxygen atoms in total. The number of rotatable bonds is 3. The summed E-state index contributed by atoms with van der Waals surface area (Å²) in [7, 11) is 1.70. The van der Waals surface area contributed by atoms with Crippen molar-refractivity contribution in [2.45, 2.75) is 26.7 Å². The van der Waals surface area contributed by atoms with E-state index in [1.165, 1.54) is 0 Å². The highest BCUT2D eigenvalue weighted by molar-refractivity contribution is 5.76. The van der Waals surface area contributed by atoms with Gasteiger partial charge in [-0.3, -0.25) is 4.40 Å². The maximum absolute atomic E-state index is 6.34. The number of aromatic nitrogens is 2. The Hall–Kier alpha value is -2.49. The number of fused-ring (bicyclic) bond motifs is 1. The molecule has 0 atom stereocenters. The molecule has 0 saturated heterocycles. The molecule has 0 saturated carbocycles. The Morgan fingerprint density at radius 3 is 2.59 bits per heavy atom. The van der Waals surface area contributed by atoms with Gasteiger partial charge in [-0.2, -0.15) is 0 Å². The third-order valence-corrected chi connectivity index (χ3v) is 4.00. The van der Waals surface area contributed by atoms with Crippen molar-refractivity contribution in [2.75, 3.05) is 12.8 Å². The number of hydrogen-bond donors (Lipinski definition) is 1. The summed E-state index contributed by atoms with van der Waals surface area (Å²) in [4.78, 5) is 4.70. The van der Waals surface area contributed by atoms with Gasteiger partial charge in [-0.15, -0.1) is 0 Å². The highest BCUT2D eigenvalue weighted by Gasteiger charge is 2.15. The summed E-state index contributed by atoms with van der Waals surface area (Å²) < 4.78 is 7.43. The molecule has 1 aromatic carbocycles. The van der Waals surface area contributed by atoms with E-state index in [1.54, 1.807) is 7.11 Å². The van der Waals surface area contributed by atoms with Gasteiger partial charge in [-0.25, -0.2) is 4.98 Å². The summed E-state index contributed by atoms with van der Waals surface area (Å²) in [5.41, 5.74) is 11.3. The fourth-order valence-electron chi connectivity index (χ4n) is 2.83. The molecule has 3 rings (SSSR count). The summed E-state index contributed by atoms with van der Waals surface area (Å²) in [5.74, 6) is 1.94. The molecule has 3 aromatic rings. The van der Waals surface area contributed by atoms with Crippen LogP contribution in [0.5, 0.6) is 5.75 Å². The zero-order valence-corrected chi connectivity index (χ0v) is 13.4. The Bertz CT molecular complexity index is 834. The topological polar surface area (TPSA) is 52.5 Å². The average Bonchev–Trinajstić information content (AvgIpc) is 2.85. The molecule has 0 aliphatic rings. The van der Waals surface area contributed by atoms with E-state index in [0.29, 0.717) is 11.7 Å². The number of pyridine rings is 1. The van der Waals surface area contributed by atoms with Gasteiger partial charge < -0.3 is 10.5 Å². The van der Waals surface area contributed by atoms with Gasteiger partial charge in [-0.1, -0.05) is 19.9 Å². The summed E-state index contributed by atoms with van der Waals surface area (Å²) in [5, 5.41) is 0. The van der Waals surface area contributed by atoms with Crippen LogP contribution < -0.4 is 10.5 Å². The van der Waals surface area contributed by atoms with Crippen molar-refractivity contribution in [1.82, 2.24) is 9.38 Å². The molecule has 0 spiro atoms. The number of benzene rings is 1. The molecule has 2 aromatic heterocycles. The molecule has 0 radical (unpaired) electrons. The molecule has 0 fully saturated rings. The Kier molecular flexibility index (Phi) is 3.53. The third-order valence-electron chi connectivity index (χ3n) is 4.00. The van der Waals surface area contributed by atoms with Crippen LogP contribution >= 0.6 is 0 Å². The molecular weight excluding hydrogens is 274 g/mol. The zero-order valence-electron chi connectivity index (χ0n) is 13.4. The number of nitrogens with zero attached hydrogens (tertiary/aromatic N) is 2. The highest BCUT2D eigenvalue weighted by atomic mass is 16.5. The predicted octanol–water partition coefficient (Wildman–Crippen LogP) is 4.02. The minimum Gasteiger partial charge on any atom is -0.496 e. The van der Waals surface area contributed by atoms with E-state index in [4.69, 9.17) is 15.5 Å². The quantitative estimate of drug-likeness (QED) is 0.794. The van der Waals surface area contributed by atoms with E-state index < -0.39 is 0 Å². The summed E-state index contributed by atoms with van der Waals surface area (Å²) in [6, 6.07) is 12.1. The monoisotopic (exact) mass is 295 g/mol. The maximum Gasteiger partial charge on any atom is 0.139 e. The lowest BCUT2D eigenvalue weighted by molar-refractivity contribution is 0.407. The Balaban J connectivity index is 2.22. The predicted molar refractivity (Wildman–Crippen MR) is 90.4 cm³/mol. The molecule has 2 heterocycles. The highest BCUT2D eigenvalue weighted by Crippen LogP contribution is 2.34. The maximum atomic E-state index is 6.34. The van der Waals surface area contributed by atoms with Crippen molar-refractivity contribution in [3.8, 4) is 17.0 Å². The average molecular weight is 295 g/mol. The smallest absolute Gasteiger partial charge is 0.139 e. The standard InChI is InChI=1S/C18H21N3O/c1-11(2)14-10-13(8-9-15(14)22-4)17-18(19)21-12(3)6-5-7-16(21)20-17/h5-11H,19H2,1-4H3. The number of nitrogens with two attached hydrogens (primary N) is 1. The molecule has 0 unspecified atom stereocenters. The first-order chi connectivity index (χ1) is 10.5. The van der Waals surface area contributed by atoms with Crippen molar-refractivity contribution in [1.29, 1.82) is 0 Å². The van der Waals surface area contributed by atoms with Gasteiger partial charge in [0.25, 0.3) is 0 Å². The van der Waals surface area contributed by atoms with Crippen LogP contribution in [-0.2, 0) is 0 Å². The molecule has 0 aliphatic carbocycles. The lowest BCUT2D eigenvalue weighted by Gasteiger charge is -2.13. The Morgan fingerprint density at radius 2 is 1.95 bits per heavy atom. The van der Waals surface area contributed by atoms with Crippen LogP contribution in [0.3, 0.4) is 0 Å². The Labute approximate surface area is 130 Å². The van der Waals surface area contributed by atoms with Crippen LogP contribution in [0.2, 0.25) is 0 Å². The largest absolute Gasteiger partial charge is 0.496 e. The first-order valence-corrected chi connectivity index (χ1v) is 7.44. The third kappa shape index (κ3) is 2.21. The zero-order chi connectivity index (χ0) is 15.9. The fraction of sp³-hybridized carbons (Fsp3) is 0.278. The van der Waals surface area contributed by atoms with E-state index in [9.17, 15) is 0 Å². The van der Waals surface area contributed by atoms with Crippen molar-refractivity contribution in [3.63, 3.8) is 0 Å². The molecule has 0 aliphatic heterocycles. The van der Waals surface area contributed by atoms with E-state index in [2.05, 4.69) is 19.9 Å². The van der Waals surface area contributed by atoms with Crippen LogP contribution in [0.15, 0.2) is 36.4 Å². The SMILES string of the molecule is COc1ccc(-c2nc3cccc(C)n3c2N)cc1C(C)C. The van der Waals surface area contributed by atoms with E-state index in [1.807, 2.05) is 41.7 Å². The van der Waals surface area contributed by atoms with Crippen molar-refractivity contribution >= 4 is 11.5 Å². The first kappa shape index (κ1) is 14.4. The Morgan fingerprint density at radius 1 is 1.18 bits per heavy atom. The van der Waals surface area contributed by atoms with Gasteiger partial charge in [0.1, 0.15) is 22.9 Å². The van der Waals surface area contributed by atoms with Gasteiger partial charge in [0, 0.05) is 11.3 Å². The van der Waals surface area contributed by atoms with Crippen molar-refractivity contribution < 1.29 is 4.74 Å². The molecule has 2 N–H and O–H groups in total. The van der Waals surface area contributed by atoms with Crippen LogP contribution in [0, 0.1) is 6.92 Å². The fourth-order valence-corrected chi connectivity index (χ4v) is 2.83. The van der Waals surface area contributed by atoms with E-state index >= 15 is 0 Å². The van der Waals surface area contributed by atoms with Gasteiger partial charge in [0.05, 0.1) is 7.11 Å². The van der Waals surface area contributed by atoms with Gasteiger partial charge in [0.15, 0.2) is 0 Å². The van der Waals surface area contributed by atoms with Crippen LogP contribution in [0.25, 0.3) is 16.9 Å². The first-order valence-electron chi connectivity index (χ1n) is 7.44. The summed E-state index contributed by atoms with van der Waals surface area (Å²) in [6.45, 7) is 6.33. The van der Waals surface area contributed by atoms with Crippen LogP contribution in [0.4, 0.5) is 5.82 Å². The number of methoxy groups -OCH3 is 1. The molecule has 0 bridgehead atoms.